The summed E-state index contributed by atoms with van der Waals surface area (Å²) in [6, 6.07) is 0. The highest BCUT2D eigenvalue weighted by molar-refractivity contribution is 5.69. The molecule has 0 atom stereocenters. The molecule has 0 fully saturated rings. The summed E-state index contributed by atoms with van der Waals surface area (Å²) in [5.41, 5.74) is 0.360. The summed E-state index contributed by atoms with van der Waals surface area (Å²) in [7, 11) is 1.44. The fourth-order valence-corrected chi connectivity index (χ4v) is 1.27. The standard InChI is InChI=1S/C12H25NO2/c1-6-13(9-7-11(14)15-5)10-8-12(2,3)4/h6-10H2,1-5H3. The van der Waals surface area contributed by atoms with Gasteiger partial charge < -0.3 is 9.64 Å². The zero-order valence-corrected chi connectivity index (χ0v) is 10.8. The van der Waals surface area contributed by atoms with Crippen molar-refractivity contribution in [3.8, 4) is 0 Å². The molecule has 0 rings (SSSR count). The van der Waals surface area contributed by atoms with Crippen molar-refractivity contribution >= 4 is 5.97 Å². The number of methoxy groups -OCH3 is 1. The molecule has 0 aromatic carbocycles. The zero-order chi connectivity index (χ0) is 11.9. The van der Waals surface area contributed by atoms with Gasteiger partial charge in [-0.15, -0.1) is 0 Å². The second kappa shape index (κ2) is 6.83. The second-order valence-corrected chi connectivity index (χ2v) is 5.07. The third kappa shape index (κ3) is 8.43. The van der Waals surface area contributed by atoms with Gasteiger partial charge >= 0.3 is 5.97 Å². The molecule has 0 saturated carbocycles. The van der Waals surface area contributed by atoms with Crippen LogP contribution in [0.1, 0.15) is 40.5 Å². The van der Waals surface area contributed by atoms with Gasteiger partial charge in [0, 0.05) is 6.54 Å². The lowest BCUT2D eigenvalue weighted by atomic mass is 9.92. The first kappa shape index (κ1) is 14.4. The van der Waals surface area contributed by atoms with Crippen LogP contribution in [0.3, 0.4) is 0 Å². The Balaban J connectivity index is 3.78. The van der Waals surface area contributed by atoms with Crippen LogP contribution in [0, 0.1) is 5.41 Å². The topological polar surface area (TPSA) is 29.5 Å². The molecule has 0 spiro atoms. The van der Waals surface area contributed by atoms with Gasteiger partial charge in [-0.25, -0.2) is 0 Å². The van der Waals surface area contributed by atoms with Crippen molar-refractivity contribution in [3.63, 3.8) is 0 Å². The summed E-state index contributed by atoms with van der Waals surface area (Å²) in [6.07, 6.45) is 1.65. The minimum absolute atomic E-state index is 0.121. The Morgan fingerprint density at radius 1 is 1.27 bits per heavy atom. The lowest BCUT2D eigenvalue weighted by molar-refractivity contribution is -0.140. The fourth-order valence-electron chi connectivity index (χ4n) is 1.27. The van der Waals surface area contributed by atoms with Gasteiger partial charge in [-0.05, 0) is 24.9 Å². The van der Waals surface area contributed by atoms with E-state index in [1.807, 2.05) is 0 Å². The van der Waals surface area contributed by atoms with Gasteiger partial charge in [0.1, 0.15) is 0 Å². The minimum atomic E-state index is -0.121. The number of carbonyl (C=O) groups is 1. The van der Waals surface area contributed by atoms with E-state index in [1.165, 1.54) is 7.11 Å². The van der Waals surface area contributed by atoms with E-state index in [9.17, 15) is 4.79 Å². The molecule has 0 saturated heterocycles. The Hall–Kier alpha value is -0.570. The van der Waals surface area contributed by atoms with E-state index >= 15 is 0 Å². The molecule has 15 heavy (non-hydrogen) atoms. The number of rotatable bonds is 6. The highest BCUT2D eigenvalue weighted by atomic mass is 16.5. The molecular formula is C12H25NO2. The highest BCUT2D eigenvalue weighted by Gasteiger charge is 2.13. The van der Waals surface area contributed by atoms with Crippen LogP contribution in [0.5, 0.6) is 0 Å². The first-order valence-corrected chi connectivity index (χ1v) is 5.68. The van der Waals surface area contributed by atoms with Crippen molar-refractivity contribution in [2.45, 2.75) is 40.5 Å². The maximum Gasteiger partial charge on any atom is 0.306 e. The smallest absolute Gasteiger partial charge is 0.306 e. The number of hydrogen-bond donors (Lipinski definition) is 0. The zero-order valence-electron chi connectivity index (χ0n) is 10.8. The predicted octanol–water partition coefficient (Wildman–Crippen LogP) is 2.31. The number of esters is 1. The van der Waals surface area contributed by atoms with E-state index in [0.29, 0.717) is 11.8 Å². The lowest BCUT2D eigenvalue weighted by Crippen LogP contribution is -2.29. The fraction of sp³-hybridized carbons (Fsp3) is 0.917. The van der Waals surface area contributed by atoms with Crippen molar-refractivity contribution in [3.05, 3.63) is 0 Å². The van der Waals surface area contributed by atoms with Crippen molar-refractivity contribution in [1.82, 2.24) is 4.90 Å². The van der Waals surface area contributed by atoms with E-state index in [4.69, 9.17) is 0 Å². The molecule has 0 aliphatic rings. The van der Waals surface area contributed by atoms with E-state index < -0.39 is 0 Å². The van der Waals surface area contributed by atoms with Gasteiger partial charge in [0.05, 0.1) is 13.5 Å². The molecule has 0 aromatic rings. The third-order valence-corrected chi connectivity index (χ3v) is 2.49. The third-order valence-electron chi connectivity index (χ3n) is 2.49. The Morgan fingerprint density at radius 2 is 1.87 bits per heavy atom. The first-order chi connectivity index (χ1) is 6.89. The van der Waals surface area contributed by atoms with Crippen LogP contribution in [-0.4, -0.2) is 37.6 Å². The van der Waals surface area contributed by atoms with E-state index in [1.54, 1.807) is 0 Å². The summed E-state index contributed by atoms with van der Waals surface area (Å²) >= 11 is 0. The van der Waals surface area contributed by atoms with Crippen molar-refractivity contribution < 1.29 is 9.53 Å². The Labute approximate surface area is 93.8 Å². The summed E-state index contributed by atoms with van der Waals surface area (Å²) in [5.74, 6) is -0.121. The summed E-state index contributed by atoms with van der Waals surface area (Å²) in [6.45, 7) is 11.7. The molecule has 0 aliphatic heterocycles. The van der Waals surface area contributed by atoms with Gasteiger partial charge in [-0.2, -0.15) is 0 Å². The molecule has 3 nitrogen and oxygen atoms in total. The number of hydrogen-bond acceptors (Lipinski definition) is 3. The van der Waals surface area contributed by atoms with Gasteiger partial charge in [0.15, 0.2) is 0 Å². The maximum atomic E-state index is 11.0. The van der Waals surface area contributed by atoms with Gasteiger partial charge in [-0.1, -0.05) is 27.7 Å². The lowest BCUT2D eigenvalue weighted by Gasteiger charge is -2.25. The molecule has 0 amide bonds. The minimum Gasteiger partial charge on any atom is -0.469 e. The summed E-state index contributed by atoms with van der Waals surface area (Å²) < 4.78 is 4.62. The van der Waals surface area contributed by atoms with E-state index in [0.717, 1.165) is 26.1 Å². The van der Waals surface area contributed by atoms with Crippen LogP contribution < -0.4 is 0 Å². The summed E-state index contributed by atoms with van der Waals surface area (Å²) in [5, 5.41) is 0. The molecule has 90 valence electrons. The second-order valence-electron chi connectivity index (χ2n) is 5.07. The van der Waals surface area contributed by atoms with Crippen molar-refractivity contribution in [2.24, 2.45) is 5.41 Å². The SMILES string of the molecule is CCN(CCC(=O)OC)CCC(C)(C)C. The van der Waals surface area contributed by atoms with Gasteiger partial charge in [0.2, 0.25) is 0 Å². The van der Waals surface area contributed by atoms with Crippen LogP contribution in [0.25, 0.3) is 0 Å². The summed E-state index contributed by atoms with van der Waals surface area (Å²) in [4.78, 5) is 13.3. The molecule has 0 N–H and O–H groups in total. The maximum absolute atomic E-state index is 11.0. The average Bonchev–Trinajstić information content (AvgIpc) is 2.16. The molecule has 0 unspecified atom stereocenters. The Morgan fingerprint density at radius 3 is 2.27 bits per heavy atom. The van der Waals surface area contributed by atoms with Crippen LogP contribution >= 0.6 is 0 Å². The number of nitrogens with zero attached hydrogens (tertiary/aromatic N) is 1. The Bertz CT molecular complexity index is 185. The van der Waals surface area contributed by atoms with E-state index in [2.05, 4.69) is 37.3 Å². The first-order valence-electron chi connectivity index (χ1n) is 5.68. The molecule has 0 radical (unpaired) electrons. The molecule has 0 aromatic heterocycles. The molecule has 0 bridgehead atoms. The highest BCUT2D eigenvalue weighted by Crippen LogP contribution is 2.18. The van der Waals surface area contributed by atoms with Crippen LogP contribution in [0.4, 0.5) is 0 Å². The van der Waals surface area contributed by atoms with Crippen LogP contribution in [0.2, 0.25) is 0 Å². The number of ether oxygens (including phenoxy) is 1. The molecule has 0 aliphatic carbocycles. The van der Waals surface area contributed by atoms with E-state index in [-0.39, 0.29) is 5.97 Å². The molecular weight excluding hydrogens is 190 g/mol. The quantitative estimate of drug-likeness (QED) is 0.637. The van der Waals surface area contributed by atoms with Crippen LogP contribution in [0.15, 0.2) is 0 Å². The monoisotopic (exact) mass is 215 g/mol. The predicted molar refractivity (Wildman–Crippen MR) is 62.8 cm³/mol. The van der Waals surface area contributed by atoms with Gasteiger partial charge in [-0.3, -0.25) is 4.79 Å². The average molecular weight is 215 g/mol. The van der Waals surface area contributed by atoms with Crippen LogP contribution in [-0.2, 0) is 9.53 Å². The molecule has 3 heteroatoms. The Kier molecular flexibility index (Phi) is 6.57. The van der Waals surface area contributed by atoms with Crippen molar-refractivity contribution in [2.75, 3.05) is 26.7 Å². The normalized spacial score (nSPS) is 11.9. The number of carbonyl (C=O) groups excluding carboxylic acids is 1. The molecule has 0 heterocycles. The largest absolute Gasteiger partial charge is 0.469 e. The van der Waals surface area contributed by atoms with Crippen molar-refractivity contribution in [1.29, 1.82) is 0 Å². The van der Waals surface area contributed by atoms with Gasteiger partial charge in [0.25, 0.3) is 0 Å².